The molecule has 5 N–H and O–H groups in total. The zero-order chi connectivity index (χ0) is 15.3. The van der Waals surface area contributed by atoms with E-state index in [9.17, 15) is 13.2 Å². The average Bonchev–Trinajstić information content (AvgIpc) is 2.81. The van der Waals surface area contributed by atoms with Crippen molar-refractivity contribution >= 4 is 5.96 Å². The predicted octanol–water partition coefficient (Wildman–Crippen LogP) is 1.42. The van der Waals surface area contributed by atoms with Crippen molar-refractivity contribution in [1.29, 1.82) is 0 Å². The fourth-order valence-electron chi connectivity index (χ4n) is 3.04. The first-order valence-corrected chi connectivity index (χ1v) is 6.56. The van der Waals surface area contributed by atoms with Crippen molar-refractivity contribution in [1.82, 2.24) is 5.32 Å². The van der Waals surface area contributed by atoms with Crippen LogP contribution in [0.1, 0.15) is 11.1 Å². The van der Waals surface area contributed by atoms with Gasteiger partial charge >= 0.3 is 6.18 Å². The summed E-state index contributed by atoms with van der Waals surface area (Å²) in [6.45, 7) is 0. The van der Waals surface area contributed by atoms with Gasteiger partial charge < -0.3 is 16.8 Å². The zero-order valence-electron chi connectivity index (χ0n) is 11.1. The van der Waals surface area contributed by atoms with Crippen LogP contribution in [-0.4, -0.2) is 17.8 Å². The van der Waals surface area contributed by atoms with Gasteiger partial charge in [-0.1, -0.05) is 24.3 Å². The predicted molar refractivity (Wildman–Crippen MR) is 73.2 cm³/mol. The molecule has 1 atom stereocenters. The van der Waals surface area contributed by atoms with E-state index < -0.39 is 23.3 Å². The second-order valence-corrected chi connectivity index (χ2v) is 5.40. The van der Waals surface area contributed by atoms with Crippen LogP contribution in [0.25, 0.3) is 0 Å². The van der Waals surface area contributed by atoms with Crippen molar-refractivity contribution < 1.29 is 13.2 Å². The fourth-order valence-corrected chi connectivity index (χ4v) is 3.04. The van der Waals surface area contributed by atoms with E-state index in [-0.39, 0.29) is 5.96 Å². The van der Waals surface area contributed by atoms with Crippen LogP contribution in [0, 0.1) is 5.92 Å². The van der Waals surface area contributed by atoms with Gasteiger partial charge in [0.2, 0.25) is 0 Å². The Morgan fingerprint density at radius 2 is 1.76 bits per heavy atom. The number of alkyl halides is 3. The van der Waals surface area contributed by atoms with Crippen molar-refractivity contribution in [3.8, 4) is 0 Å². The first kappa shape index (κ1) is 13.9. The Morgan fingerprint density at radius 1 is 1.19 bits per heavy atom. The molecule has 0 fully saturated rings. The number of nitrogens with two attached hydrogens (primary N) is 2. The molecular formula is C14H15F3N4. The van der Waals surface area contributed by atoms with Gasteiger partial charge in [-0.3, -0.25) is 0 Å². The lowest BCUT2D eigenvalue weighted by Gasteiger charge is -2.37. The van der Waals surface area contributed by atoms with Gasteiger partial charge in [-0.15, -0.1) is 0 Å². The van der Waals surface area contributed by atoms with Crippen molar-refractivity contribution in [2.75, 3.05) is 0 Å². The molecule has 112 valence electrons. The number of hydrogen-bond donors (Lipinski definition) is 3. The summed E-state index contributed by atoms with van der Waals surface area (Å²) in [5.41, 5.74) is 10.9. The van der Waals surface area contributed by atoms with Crippen LogP contribution in [0.15, 0.2) is 41.0 Å². The van der Waals surface area contributed by atoms with Crippen LogP contribution >= 0.6 is 0 Å². The molecule has 4 nitrogen and oxygen atoms in total. The standard InChI is InChI=1S/C14H15F3N4/c15-14(16,17)11-7-20-12(18)21-13(11,19)10-5-8-3-1-2-4-9(8)6-10/h1-4,7,10H,5-6,19H2,(H3,18,20,21). The molecule has 1 aliphatic heterocycles. The number of nitrogens with one attached hydrogen (secondary N) is 1. The lowest BCUT2D eigenvalue weighted by Crippen LogP contribution is -2.56. The van der Waals surface area contributed by atoms with Crippen molar-refractivity contribution in [3.05, 3.63) is 47.2 Å². The topological polar surface area (TPSA) is 76.4 Å². The normalized spacial score (nSPS) is 25.9. The maximum Gasteiger partial charge on any atom is 0.417 e. The quantitative estimate of drug-likeness (QED) is 0.733. The van der Waals surface area contributed by atoms with Crippen molar-refractivity contribution in [2.24, 2.45) is 22.4 Å². The number of guanidine groups is 1. The Kier molecular flexibility index (Phi) is 2.98. The van der Waals surface area contributed by atoms with Gasteiger partial charge in [0.25, 0.3) is 0 Å². The first-order chi connectivity index (χ1) is 9.80. The Bertz CT molecular complexity index is 610. The maximum absolute atomic E-state index is 13.2. The molecule has 0 amide bonds. The summed E-state index contributed by atoms with van der Waals surface area (Å²) in [5.74, 6) is -0.565. The fraction of sp³-hybridized carbons (Fsp3) is 0.357. The highest BCUT2D eigenvalue weighted by molar-refractivity contribution is 5.81. The van der Waals surface area contributed by atoms with Crippen LogP contribution in [-0.2, 0) is 12.8 Å². The molecule has 0 saturated heterocycles. The summed E-state index contributed by atoms with van der Waals surface area (Å²) in [4.78, 5) is 3.90. The number of aliphatic imine (C=N–C) groups is 1. The van der Waals surface area contributed by atoms with Crippen molar-refractivity contribution in [2.45, 2.75) is 24.7 Å². The molecule has 0 saturated carbocycles. The molecule has 0 radical (unpaired) electrons. The third kappa shape index (κ3) is 2.27. The van der Waals surface area contributed by atoms with Crippen molar-refractivity contribution in [3.63, 3.8) is 0 Å². The van der Waals surface area contributed by atoms with Gasteiger partial charge in [0.15, 0.2) is 5.96 Å². The third-order valence-corrected chi connectivity index (χ3v) is 4.08. The lowest BCUT2D eigenvalue weighted by molar-refractivity contribution is -0.104. The molecule has 0 spiro atoms. The molecule has 3 rings (SSSR count). The molecule has 1 aromatic carbocycles. The third-order valence-electron chi connectivity index (χ3n) is 4.08. The molecule has 21 heavy (non-hydrogen) atoms. The average molecular weight is 296 g/mol. The summed E-state index contributed by atoms with van der Waals surface area (Å²) >= 11 is 0. The van der Waals surface area contributed by atoms with E-state index in [0.717, 1.165) is 17.3 Å². The molecule has 0 bridgehead atoms. The number of rotatable bonds is 1. The van der Waals surface area contributed by atoms with E-state index in [1.165, 1.54) is 0 Å². The van der Waals surface area contributed by atoms with Gasteiger partial charge in [-0.2, -0.15) is 13.2 Å². The van der Waals surface area contributed by atoms with Crippen LogP contribution in [0.4, 0.5) is 13.2 Å². The summed E-state index contributed by atoms with van der Waals surface area (Å²) in [6.07, 6.45) is -2.82. The highest BCUT2D eigenvalue weighted by atomic mass is 19.4. The minimum absolute atomic E-state index is 0.0959. The van der Waals surface area contributed by atoms with Gasteiger partial charge in [0.1, 0.15) is 5.66 Å². The Morgan fingerprint density at radius 3 is 2.29 bits per heavy atom. The minimum atomic E-state index is -4.55. The molecule has 1 heterocycles. The zero-order valence-corrected chi connectivity index (χ0v) is 11.1. The van der Waals surface area contributed by atoms with Gasteiger partial charge in [-0.25, -0.2) is 4.99 Å². The summed E-state index contributed by atoms with van der Waals surface area (Å²) in [6, 6.07) is 7.55. The lowest BCUT2D eigenvalue weighted by atomic mass is 9.83. The number of hydrogen-bond acceptors (Lipinski definition) is 4. The Hall–Kier alpha value is -2.02. The molecule has 7 heteroatoms. The van der Waals surface area contributed by atoms with Gasteiger partial charge in [0.05, 0.1) is 5.57 Å². The van der Waals surface area contributed by atoms with E-state index in [2.05, 4.69) is 10.3 Å². The molecule has 1 aliphatic carbocycles. The summed E-state index contributed by atoms with van der Waals surface area (Å²) < 4.78 is 39.7. The number of fused-ring (bicyclic) bond motifs is 1. The Balaban J connectivity index is 1.99. The molecule has 2 aliphatic rings. The van der Waals surface area contributed by atoms with E-state index in [1.54, 1.807) is 0 Å². The van der Waals surface area contributed by atoms with Crippen LogP contribution < -0.4 is 16.8 Å². The van der Waals surface area contributed by atoms with Gasteiger partial charge in [0, 0.05) is 12.1 Å². The van der Waals surface area contributed by atoms with Gasteiger partial charge in [-0.05, 0) is 24.0 Å². The van der Waals surface area contributed by atoms with E-state index in [1.807, 2.05) is 24.3 Å². The second-order valence-electron chi connectivity index (χ2n) is 5.40. The van der Waals surface area contributed by atoms with Crippen LogP contribution in [0.2, 0.25) is 0 Å². The van der Waals surface area contributed by atoms with E-state index in [0.29, 0.717) is 12.8 Å². The van der Waals surface area contributed by atoms with E-state index >= 15 is 0 Å². The number of benzene rings is 1. The number of nitrogens with zero attached hydrogens (tertiary/aromatic N) is 1. The molecular weight excluding hydrogens is 281 g/mol. The first-order valence-electron chi connectivity index (χ1n) is 6.56. The highest BCUT2D eigenvalue weighted by Gasteiger charge is 2.53. The van der Waals surface area contributed by atoms with Crippen LogP contribution in [0.3, 0.4) is 0 Å². The minimum Gasteiger partial charge on any atom is -0.370 e. The largest absolute Gasteiger partial charge is 0.417 e. The van der Waals surface area contributed by atoms with E-state index in [4.69, 9.17) is 11.5 Å². The monoisotopic (exact) mass is 296 g/mol. The summed E-state index contributed by atoms with van der Waals surface area (Å²) in [7, 11) is 0. The Labute approximate surface area is 119 Å². The smallest absolute Gasteiger partial charge is 0.370 e. The second kappa shape index (κ2) is 4.49. The molecule has 1 aromatic rings. The van der Waals surface area contributed by atoms with Crippen LogP contribution in [0.5, 0.6) is 0 Å². The summed E-state index contributed by atoms with van der Waals surface area (Å²) in [5, 5.41) is 2.30. The molecule has 0 aromatic heterocycles. The maximum atomic E-state index is 13.2. The molecule has 1 unspecified atom stereocenters. The SMILES string of the molecule is NC1=NC(N)(C2Cc3ccccc3C2)C(C(F)(F)F)=CN1. The highest BCUT2D eigenvalue weighted by Crippen LogP contribution is 2.43. The number of halogens is 3.